The lowest BCUT2D eigenvalue weighted by molar-refractivity contribution is -0.384. The second-order valence-electron chi connectivity index (χ2n) is 6.13. The fourth-order valence-electron chi connectivity index (χ4n) is 2.99. The molecule has 130 valence electrons. The first-order valence-corrected chi connectivity index (χ1v) is 8.56. The first-order valence-electron chi connectivity index (χ1n) is 7.77. The molecule has 1 saturated carbocycles. The van der Waals surface area contributed by atoms with Gasteiger partial charge in [0.05, 0.1) is 16.8 Å². The van der Waals surface area contributed by atoms with Crippen LogP contribution in [-0.4, -0.2) is 28.5 Å². The summed E-state index contributed by atoms with van der Waals surface area (Å²) in [5, 5.41) is 22.9. The Kier molecular flexibility index (Phi) is 5.93. The van der Waals surface area contributed by atoms with E-state index < -0.39 is 16.3 Å². The van der Waals surface area contributed by atoms with E-state index in [-0.39, 0.29) is 24.6 Å². The van der Waals surface area contributed by atoms with Crippen molar-refractivity contribution < 1.29 is 19.6 Å². The zero-order valence-electron chi connectivity index (χ0n) is 13.1. The van der Waals surface area contributed by atoms with Crippen molar-refractivity contribution in [3.8, 4) is 0 Å². The first-order chi connectivity index (χ1) is 11.3. The monoisotopic (exact) mass is 398 g/mol. The lowest BCUT2D eigenvalue weighted by atomic mass is 9.74. The molecule has 0 unspecified atom stereocenters. The number of nitro benzene ring substituents is 1. The Morgan fingerprint density at radius 1 is 1.29 bits per heavy atom. The van der Waals surface area contributed by atoms with Gasteiger partial charge in [0.2, 0.25) is 5.91 Å². The van der Waals surface area contributed by atoms with E-state index in [1.165, 1.54) is 18.2 Å². The fraction of sp³-hybridized carbons (Fsp3) is 0.500. The van der Waals surface area contributed by atoms with Crippen LogP contribution >= 0.6 is 15.9 Å². The molecule has 1 amide bonds. The Morgan fingerprint density at radius 3 is 2.50 bits per heavy atom. The minimum atomic E-state index is -0.874. The molecule has 0 spiro atoms. The maximum Gasteiger partial charge on any atom is 0.311 e. The highest BCUT2D eigenvalue weighted by molar-refractivity contribution is 9.10. The van der Waals surface area contributed by atoms with E-state index >= 15 is 0 Å². The number of rotatable bonds is 6. The predicted octanol–water partition coefficient (Wildman–Crippen LogP) is 3.05. The molecule has 24 heavy (non-hydrogen) atoms. The van der Waals surface area contributed by atoms with Crippen LogP contribution in [0.2, 0.25) is 0 Å². The maximum atomic E-state index is 12.1. The van der Waals surface area contributed by atoms with Crippen LogP contribution in [0.15, 0.2) is 22.7 Å². The van der Waals surface area contributed by atoms with Crippen molar-refractivity contribution >= 4 is 33.5 Å². The Morgan fingerprint density at radius 2 is 1.96 bits per heavy atom. The van der Waals surface area contributed by atoms with Gasteiger partial charge in [-0.15, -0.1) is 0 Å². The topological polar surface area (TPSA) is 110 Å². The fourth-order valence-corrected chi connectivity index (χ4v) is 3.50. The second kappa shape index (κ2) is 7.74. The largest absolute Gasteiger partial charge is 0.481 e. The van der Waals surface area contributed by atoms with Crippen molar-refractivity contribution in [1.29, 1.82) is 0 Å². The van der Waals surface area contributed by atoms with Crippen LogP contribution in [0.25, 0.3) is 0 Å². The summed E-state index contributed by atoms with van der Waals surface area (Å²) in [6.45, 7) is 0.117. The number of non-ortho nitro benzene ring substituents is 1. The van der Waals surface area contributed by atoms with Crippen LogP contribution in [0, 0.1) is 15.5 Å². The number of nitrogens with one attached hydrogen (secondary N) is 1. The van der Waals surface area contributed by atoms with Gasteiger partial charge in [0.15, 0.2) is 0 Å². The highest BCUT2D eigenvalue weighted by Crippen LogP contribution is 2.36. The molecule has 1 aromatic carbocycles. The number of carboxylic acids is 1. The van der Waals surface area contributed by atoms with Gasteiger partial charge in [-0.2, -0.15) is 0 Å². The highest BCUT2D eigenvalue weighted by atomic mass is 79.9. The highest BCUT2D eigenvalue weighted by Gasteiger charge is 2.39. The van der Waals surface area contributed by atoms with Crippen LogP contribution in [0.5, 0.6) is 0 Å². The lowest BCUT2D eigenvalue weighted by Gasteiger charge is -2.33. The molecule has 2 N–H and O–H groups in total. The van der Waals surface area contributed by atoms with E-state index in [9.17, 15) is 24.8 Å². The molecule has 1 fully saturated rings. The number of carbonyl (C=O) groups excluding carboxylic acids is 1. The van der Waals surface area contributed by atoms with Gasteiger partial charge in [0.25, 0.3) is 5.69 Å². The van der Waals surface area contributed by atoms with E-state index in [2.05, 4.69) is 21.2 Å². The second-order valence-corrected chi connectivity index (χ2v) is 6.99. The van der Waals surface area contributed by atoms with Gasteiger partial charge in [0, 0.05) is 23.2 Å². The summed E-state index contributed by atoms with van der Waals surface area (Å²) in [5.74, 6) is -1.16. The molecule has 0 aromatic heterocycles. The van der Waals surface area contributed by atoms with Crippen molar-refractivity contribution in [2.24, 2.45) is 5.41 Å². The number of carbonyl (C=O) groups is 2. The molecule has 0 aliphatic heterocycles. The minimum absolute atomic E-state index is 0.0360. The molecule has 0 atom stereocenters. The summed E-state index contributed by atoms with van der Waals surface area (Å²) >= 11 is 3.23. The zero-order valence-corrected chi connectivity index (χ0v) is 14.7. The molecule has 7 nitrogen and oxygen atoms in total. The van der Waals surface area contributed by atoms with Gasteiger partial charge in [-0.05, 0) is 18.4 Å². The van der Waals surface area contributed by atoms with E-state index in [0.717, 1.165) is 19.3 Å². The summed E-state index contributed by atoms with van der Waals surface area (Å²) in [6, 6.07) is 4.21. The van der Waals surface area contributed by atoms with Crippen molar-refractivity contribution in [1.82, 2.24) is 5.32 Å². The minimum Gasteiger partial charge on any atom is -0.481 e. The number of amides is 1. The van der Waals surface area contributed by atoms with Crippen LogP contribution in [0.3, 0.4) is 0 Å². The van der Waals surface area contributed by atoms with Gasteiger partial charge in [-0.1, -0.05) is 41.3 Å². The Bertz CT molecular complexity index is 656. The van der Waals surface area contributed by atoms with E-state index in [0.29, 0.717) is 22.9 Å². The average molecular weight is 399 g/mol. The predicted molar refractivity (Wildman–Crippen MR) is 90.7 cm³/mol. The summed E-state index contributed by atoms with van der Waals surface area (Å²) in [7, 11) is 0. The number of hydrogen-bond donors (Lipinski definition) is 2. The quantitative estimate of drug-likeness (QED) is 0.565. The Hall–Kier alpha value is -1.96. The number of hydrogen-bond acceptors (Lipinski definition) is 4. The SMILES string of the molecule is O=C(Cc1ccc([N+](=O)[O-])cc1Br)NCC1(C(=O)O)CCCCC1. The molecule has 0 saturated heterocycles. The Labute approximate surface area is 147 Å². The molecule has 1 aromatic rings. The molecule has 2 rings (SSSR count). The molecular weight excluding hydrogens is 380 g/mol. The summed E-state index contributed by atoms with van der Waals surface area (Å²) in [4.78, 5) is 33.9. The smallest absolute Gasteiger partial charge is 0.311 e. The molecule has 1 aliphatic rings. The number of nitro groups is 1. The van der Waals surface area contributed by atoms with Gasteiger partial charge in [0.1, 0.15) is 0 Å². The number of aliphatic carboxylic acids is 1. The molecule has 0 heterocycles. The number of halogens is 1. The summed E-state index contributed by atoms with van der Waals surface area (Å²) < 4.78 is 0.484. The van der Waals surface area contributed by atoms with Crippen molar-refractivity contribution in [3.05, 3.63) is 38.3 Å². The van der Waals surface area contributed by atoms with Crippen molar-refractivity contribution in [3.63, 3.8) is 0 Å². The normalized spacial score (nSPS) is 16.4. The molecule has 0 radical (unpaired) electrons. The number of benzene rings is 1. The van der Waals surface area contributed by atoms with Gasteiger partial charge < -0.3 is 10.4 Å². The van der Waals surface area contributed by atoms with Gasteiger partial charge in [-0.25, -0.2) is 0 Å². The first kappa shape index (κ1) is 18.4. The third-order valence-electron chi connectivity index (χ3n) is 4.49. The van der Waals surface area contributed by atoms with Crippen molar-refractivity contribution in [2.75, 3.05) is 6.54 Å². The van der Waals surface area contributed by atoms with E-state index in [1.807, 2.05) is 0 Å². The van der Waals surface area contributed by atoms with Gasteiger partial charge in [-0.3, -0.25) is 19.7 Å². The number of nitrogens with zero attached hydrogens (tertiary/aromatic N) is 1. The standard InChI is InChI=1S/C16H19BrN2O5/c17-13-9-12(19(23)24)5-4-11(13)8-14(20)18-10-16(15(21)22)6-2-1-3-7-16/h4-5,9H,1-3,6-8,10H2,(H,18,20)(H,21,22). The van der Waals surface area contributed by atoms with E-state index in [1.54, 1.807) is 0 Å². The summed E-state index contributed by atoms with van der Waals surface area (Å²) in [5.41, 5.74) is -0.315. The van der Waals surface area contributed by atoms with E-state index in [4.69, 9.17) is 0 Å². The molecule has 8 heteroatoms. The van der Waals surface area contributed by atoms with Crippen molar-refractivity contribution in [2.45, 2.75) is 38.5 Å². The molecule has 1 aliphatic carbocycles. The molecular formula is C16H19BrN2O5. The third kappa shape index (κ3) is 4.31. The van der Waals surface area contributed by atoms with Crippen LogP contribution in [0.1, 0.15) is 37.7 Å². The average Bonchev–Trinajstić information content (AvgIpc) is 2.55. The number of carboxylic acid groups (broad SMARTS) is 1. The van der Waals surface area contributed by atoms with Crippen LogP contribution in [-0.2, 0) is 16.0 Å². The van der Waals surface area contributed by atoms with Gasteiger partial charge >= 0.3 is 5.97 Å². The lowest BCUT2D eigenvalue weighted by Crippen LogP contribution is -2.44. The summed E-state index contributed by atoms with van der Waals surface area (Å²) in [6.07, 6.45) is 3.92. The molecule has 0 bridgehead atoms. The maximum absolute atomic E-state index is 12.1. The Balaban J connectivity index is 1.98. The zero-order chi connectivity index (χ0) is 17.7. The third-order valence-corrected chi connectivity index (χ3v) is 5.22. The van der Waals surface area contributed by atoms with Crippen LogP contribution < -0.4 is 5.32 Å². The van der Waals surface area contributed by atoms with Crippen LogP contribution in [0.4, 0.5) is 5.69 Å².